The third-order valence-electron chi connectivity index (χ3n) is 6.23. The number of β-amino-alcohol motifs (C(OH)–C–C–N with tert-alkyl or cyclic N) is 1. The Labute approximate surface area is 165 Å². The Morgan fingerprint density at radius 1 is 1.15 bits per heavy atom. The number of aliphatic hydroxyl groups excluding tert-OH is 1. The van der Waals surface area contributed by atoms with Gasteiger partial charge >= 0.3 is 0 Å². The van der Waals surface area contributed by atoms with Crippen molar-refractivity contribution < 1.29 is 9.90 Å². The highest BCUT2D eigenvalue weighted by atomic mass is 35.5. The molecule has 3 fully saturated rings. The summed E-state index contributed by atoms with van der Waals surface area (Å²) in [6.45, 7) is 3.71. The predicted octanol–water partition coefficient (Wildman–Crippen LogP) is 3.58. The van der Waals surface area contributed by atoms with Crippen LogP contribution in [-0.4, -0.2) is 53.1 Å². The van der Waals surface area contributed by atoms with Crippen LogP contribution in [0.15, 0.2) is 18.2 Å². The standard InChI is InChI=1S/C20H26Cl2N2O2/c21-17-2-1-3-18(22)16(17)13-23-8-6-20(7-9-23)10-15(25)12-24(19(20)26)11-14-4-5-14/h1-3,14-15,25H,4-13H2. The molecule has 142 valence electrons. The molecule has 1 saturated carbocycles. The minimum atomic E-state index is -0.393. The second kappa shape index (κ2) is 7.31. The highest BCUT2D eigenvalue weighted by molar-refractivity contribution is 6.35. The topological polar surface area (TPSA) is 43.8 Å². The van der Waals surface area contributed by atoms with Crippen LogP contribution in [-0.2, 0) is 11.3 Å². The number of halogens is 2. The third kappa shape index (κ3) is 3.75. The summed E-state index contributed by atoms with van der Waals surface area (Å²) in [7, 11) is 0. The number of benzene rings is 1. The Morgan fingerprint density at radius 2 is 1.81 bits per heavy atom. The number of likely N-dealkylation sites (tertiary alicyclic amines) is 2. The Hall–Kier alpha value is -0.810. The number of piperidine rings is 2. The molecule has 4 rings (SSSR count). The number of aliphatic hydroxyl groups is 1. The molecule has 0 radical (unpaired) electrons. The normalized spacial score (nSPS) is 26.5. The summed E-state index contributed by atoms with van der Waals surface area (Å²) in [6.07, 6.45) is 4.25. The molecule has 0 aromatic heterocycles. The maximum atomic E-state index is 13.1. The predicted molar refractivity (Wildman–Crippen MR) is 103 cm³/mol. The molecule has 26 heavy (non-hydrogen) atoms. The van der Waals surface area contributed by atoms with E-state index in [1.165, 1.54) is 12.8 Å². The molecule has 2 aliphatic heterocycles. The summed E-state index contributed by atoms with van der Waals surface area (Å²) in [5.74, 6) is 0.925. The van der Waals surface area contributed by atoms with Gasteiger partial charge in [-0.2, -0.15) is 0 Å². The second-order valence-electron chi connectivity index (χ2n) is 8.27. The zero-order valence-electron chi connectivity index (χ0n) is 15.0. The molecule has 1 amide bonds. The summed E-state index contributed by atoms with van der Waals surface area (Å²) >= 11 is 12.6. The number of nitrogens with zero attached hydrogens (tertiary/aromatic N) is 2. The van der Waals surface area contributed by atoms with Crippen LogP contribution in [0.25, 0.3) is 0 Å². The van der Waals surface area contributed by atoms with Gasteiger partial charge in [0.05, 0.1) is 11.5 Å². The van der Waals surface area contributed by atoms with Gasteiger partial charge in [0.2, 0.25) is 5.91 Å². The first-order chi connectivity index (χ1) is 12.5. The van der Waals surface area contributed by atoms with E-state index in [1.54, 1.807) is 0 Å². The molecule has 1 N–H and O–H groups in total. The van der Waals surface area contributed by atoms with Gasteiger partial charge in [-0.25, -0.2) is 0 Å². The van der Waals surface area contributed by atoms with E-state index >= 15 is 0 Å². The van der Waals surface area contributed by atoms with Gasteiger partial charge in [-0.15, -0.1) is 0 Å². The van der Waals surface area contributed by atoms with Crippen molar-refractivity contribution in [3.8, 4) is 0 Å². The van der Waals surface area contributed by atoms with Crippen LogP contribution in [0, 0.1) is 11.3 Å². The fourth-order valence-electron chi connectivity index (χ4n) is 4.51. The largest absolute Gasteiger partial charge is 0.391 e. The fraction of sp³-hybridized carbons (Fsp3) is 0.650. The van der Waals surface area contributed by atoms with Crippen molar-refractivity contribution in [3.05, 3.63) is 33.8 Å². The van der Waals surface area contributed by atoms with Gasteiger partial charge < -0.3 is 10.0 Å². The first-order valence-electron chi connectivity index (χ1n) is 9.59. The Kier molecular flexibility index (Phi) is 5.21. The Bertz CT molecular complexity index is 662. The smallest absolute Gasteiger partial charge is 0.229 e. The molecule has 0 bridgehead atoms. The molecule has 1 aromatic carbocycles. The minimum Gasteiger partial charge on any atom is -0.391 e. The van der Waals surface area contributed by atoms with Crippen LogP contribution in [0.1, 0.15) is 37.7 Å². The maximum Gasteiger partial charge on any atom is 0.229 e. The molecule has 1 spiro atoms. The summed E-state index contributed by atoms with van der Waals surface area (Å²) in [5, 5.41) is 11.8. The van der Waals surface area contributed by atoms with E-state index in [4.69, 9.17) is 23.2 Å². The molecular formula is C20H26Cl2N2O2. The van der Waals surface area contributed by atoms with E-state index in [2.05, 4.69) is 4.90 Å². The van der Waals surface area contributed by atoms with Gasteiger partial charge in [-0.1, -0.05) is 29.3 Å². The number of hydrogen-bond acceptors (Lipinski definition) is 3. The molecule has 1 aliphatic carbocycles. The van der Waals surface area contributed by atoms with Gasteiger partial charge in [0.1, 0.15) is 0 Å². The molecule has 1 unspecified atom stereocenters. The lowest BCUT2D eigenvalue weighted by molar-refractivity contribution is -0.157. The van der Waals surface area contributed by atoms with Crippen molar-refractivity contribution in [1.29, 1.82) is 0 Å². The number of rotatable bonds is 4. The lowest BCUT2D eigenvalue weighted by Crippen LogP contribution is -2.57. The van der Waals surface area contributed by atoms with E-state index in [0.29, 0.717) is 35.5 Å². The van der Waals surface area contributed by atoms with Gasteiger partial charge in [0.15, 0.2) is 0 Å². The van der Waals surface area contributed by atoms with Crippen molar-refractivity contribution in [2.24, 2.45) is 11.3 Å². The van der Waals surface area contributed by atoms with Crippen molar-refractivity contribution in [2.45, 2.75) is 44.8 Å². The van der Waals surface area contributed by atoms with Crippen molar-refractivity contribution in [2.75, 3.05) is 26.2 Å². The SMILES string of the molecule is O=C1N(CC2CC2)CC(O)CC12CCN(Cc1c(Cl)cccc1Cl)CC2. The van der Waals surface area contributed by atoms with Gasteiger partial charge in [-0.3, -0.25) is 9.69 Å². The molecule has 1 atom stereocenters. The van der Waals surface area contributed by atoms with Crippen molar-refractivity contribution in [3.63, 3.8) is 0 Å². The molecule has 4 nitrogen and oxygen atoms in total. The van der Waals surface area contributed by atoms with E-state index in [-0.39, 0.29) is 11.3 Å². The zero-order valence-corrected chi connectivity index (χ0v) is 16.5. The molecule has 2 heterocycles. The van der Waals surface area contributed by atoms with E-state index in [0.717, 1.165) is 38.0 Å². The first-order valence-corrected chi connectivity index (χ1v) is 10.4. The summed E-state index contributed by atoms with van der Waals surface area (Å²) in [6, 6.07) is 5.59. The van der Waals surface area contributed by atoms with Crippen LogP contribution in [0.5, 0.6) is 0 Å². The highest BCUT2D eigenvalue weighted by Crippen LogP contribution is 2.43. The van der Waals surface area contributed by atoms with E-state index < -0.39 is 6.10 Å². The Morgan fingerprint density at radius 3 is 2.42 bits per heavy atom. The fourth-order valence-corrected chi connectivity index (χ4v) is 5.03. The lowest BCUT2D eigenvalue weighted by atomic mass is 9.70. The summed E-state index contributed by atoms with van der Waals surface area (Å²) < 4.78 is 0. The van der Waals surface area contributed by atoms with Gasteiger partial charge in [0.25, 0.3) is 0 Å². The van der Waals surface area contributed by atoms with E-state index in [1.807, 2.05) is 23.1 Å². The molecule has 3 aliphatic rings. The zero-order chi connectivity index (χ0) is 18.3. The van der Waals surface area contributed by atoms with Crippen molar-refractivity contribution in [1.82, 2.24) is 9.80 Å². The lowest BCUT2D eigenvalue weighted by Gasteiger charge is -2.48. The number of amides is 1. The Balaban J connectivity index is 1.42. The number of hydrogen-bond donors (Lipinski definition) is 1. The highest BCUT2D eigenvalue weighted by Gasteiger charge is 2.49. The first kappa shape index (κ1) is 18.5. The minimum absolute atomic E-state index is 0.269. The average molecular weight is 397 g/mol. The van der Waals surface area contributed by atoms with E-state index in [9.17, 15) is 9.90 Å². The summed E-state index contributed by atoms with van der Waals surface area (Å²) in [5.41, 5.74) is 0.574. The van der Waals surface area contributed by atoms with Crippen LogP contribution in [0.3, 0.4) is 0 Å². The molecule has 6 heteroatoms. The monoisotopic (exact) mass is 396 g/mol. The van der Waals surface area contributed by atoms with Gasteiger partial charge in [0, 0.05) is 35.2 Å². The average Bonchev–Trinajstić information content (AvgIpc) is 3.42. The third-order valence-corrected chi connectivity index (χ3v) is 6.94. The van der Waals surface area contributed by atoms with Gasteiger partial charge in [-0.05, 0) is 63.2 Å². The van der Waals surface area contributed by atoms with Crippen LogP contribution in [0.4, 0.5) is 0 Å². The van der Waals surface area contributed by atoms with Crippen LogP contribution in [0.2, 0.25) is 10.0 Å². The van der Waals surface area contributed by atoms with Crippen LogP contribution < -0.4 is 0 Å². The number of carbonyl (C=O) groups excluding carboxylic acids is 1. The quantitative estimate of drug-likeness (QED) is 0.845. The molecule has 2 saturated heterocycles. The summed E-state index contributed by atoms with van der Waals surface area (Å²) in [4.78, 5) is 17.4. The maximum absolute atomic E-state index is 13.1. The molecular weight excluding hydrogens is 371 g/mol. The molecule has 1 aromatic rings. The van der Waals surface area contributed by atoms with Crippen LogP contribution >= 0.6 is 23.2 Å². The van der Waals surface area contributed by atoms with Crippen molar-refractivity contribution >= 4 is 29.1 Å². The second-order valence-corrected chi connectivity index (χ2v) is 9.08. The number of carbonyl (C=O) groups is 1.